The highest BCUT2D eigenvalue weighted by Gasteiger charge is 2.33. The van der Waals surface area contributed by atoms with Gasteiger partial charge in [0.2, 0.25) is 5.91 Å². The molecule has 0 aliphatic carbocycles. The van der Waals surface area contributed by atoms with Gasteiger partial charge < -0.3 is 4.90 Å². The third kappa shape index (κ3) is 3.46. The van der Waals surface area contributed by atoms with Crippen LogP contribution in [0.2, 0.25) is 5.15 Å². The van der Waals surface area contributed by atoms with Gasteiger partial charge in [0.05, 0.1) is 11.7 Å². The summed E-state index contributed by atoms with van der Waals surface area (Å²) in [5.74, 6) is 0.202. The fraction of sp³-hybridized carbons (Fsp3) is 0.500. The molecule has 1 aliphatic heterocycles. The highest BCUT2D eigenvalue weighted by atomic mass is 35.5. The molecule has 1 saturated heterocycles. The van der Waals surface area contributed by atoms with Gasteiger partial charge in [0.25, 0.3) is 0 Å². The molecule has 0 saturated carbocycles. The number of hydrogen-bond acceptors (Lipinski definition) is 3. The minimum atomic E-state index is 0.0635. The van der Waals surface area contributed by atoms with E-state index in [1.165, 1.54) is 0 Å². The monoisotopic (exact) mass is 346 g/mol. The highest BCUT2D eigenvalue weighted by molar-refractivity contribution is 6.30. The molecule has 0 N–H and O–H groups in total. The molecule has 128 valence electrons. The number of likely N-dealkylation sites (tertiary alicyclic amines) is 1. The summed E-state index contributed by atoms with van der Waals surface area (Å²) in [6.45, 7) is 2.76. The summed E-state index contributed by atoms with van der Waals surface area (Å²) >= 11 is 6.40. The number of aryl methyl sites for hydroxylation is 3. The molecule has 3 heterocycles. The maximum atomic E-state index is 12.7. The van der Waals surface area contributed by atoms with Gasteiger partial charge in [-0.3, -0.25) is 14.5 Å². The average molecular weight is 347 g/mol. The van der Waals surface area contributed by atoms with Gasteiger partial charge in [-0.2, -0.15) is 5.10 Å². The zero-order chi connectivity index (χ0) is 17.1. The van der Waals surface area contributed by atoms with Crippen LogP contribution in [-0.2, 0) is 18.3 Å². The van der Waals surface area contributed by atoms with Crippen LogP contribution < -0.4 is 0 Å². The van der Waals surface area contributed by atoms with Crippen LogP contribution in [0.5, 0.6) is 0 Å². The summed E-state index contributed by atoms with van der Waals surface area (Å²) in [5, 5.41) is 5.03. The second kappa shape index (κ2) is 7.34. The number of carbonyl (C=O) groups excluding carboxylic acids is 1. The Morgan fingerprint density at radius 1 is 1.42 bits per heavy atom. The maximum absolute atomic E-state index is 12.7. The van der Waals surface area contributed by atoms with Crippen molar-refractivity contribution in [1.29, 1.82) is 0 Å². The van der Waals surface area contributed by atoms with E-state index in [0.29, 0.717) is 11.6 Å². The summed E-state index contributed by atoms with van der Waals surface area (Å²) < 4.78 is 1.69. The Hall–Kier alpha value is -1.88. The van der Waals surface area contributed by atoms with E-state index >= 15 is 0 Å². The number of aromatic nitrogens is 3. The first kappa shape index (κ1) is 17.0. The van der Waals surface area contributed by atoms with Gasteiger partial charge in [0, 0.05) is 37.5 Å². The normalized spacial score (nSPS) is 17.5. The van der Waals surface area contributed by atoms with Crippen molar-refractivity contribution in [3.63, 3.8) is 0 Å². The molecular formula is C18H23ClN4O. The number of halogens is 1. The van der Waals surface area contributed by atoms with Crippen LogP contribution in [-0.4, -0.2) is 32.1 Å². The van der Waals surface area contributed by atoms with Crippen LogP contribution in [0, 0.1) is 6.92 Å². The van der Waals surface area contributed by atoms with Crippen molar-refractivity contribution in [2.24, 2.45) is 7.05 Å². The Kier molecular flexibility index (Phi) is 5.19. The number of amides is 1. The number of rotatable bonds is 5. The standard InChI is InChI=1S/C18H23ClN4O/c1-13-17(18(19)22(2)21-13)15-9-6-12-23(15)16(24)10-5-8-14-7-3-4-11-20-14/h3-4,7,11,15H,5-6,8-10,12H2,1-2H3/t15-/m0/s1. The molecule has 0 aromatic carbocycles. The average Bonchev–Trinajstić information content (AvgIpc) is 3.13. The SMILES string of the molecule is Cc1nn(C)c(Cl)c1[C@@H]1CCCN1C(=O)CCCc1ccccn1. The van der Waals surface area contributed by atoms with Gasteiger partial charge in [-0.25, -0.2) is 0 Å². The summed E-state index contributed by atoms with van der Waals surface area (Å²) in [6.07, 6.45) is 5.96. The quantitative estimate of drug-likeness (QED) is 0.833. The van der Waals surface area contributed by atoms with E-state index in [9.17, 15) is 4.79 Å². The molecule has 2 aromatic heterocycles. The van der Waals surface area contributed by atoms with E-state index in [4.69, 9.17) is 11.6 Å². The first-order valence-corrected chi connectivity index (χ1v) is 8.84. The Morgan fingerprint density at radius 2 is 2.25 bits per heavy atom. The first-order valence-electron chi connectivity index (χ1n) is 8.46. The summed E-state index contributed by atoms with van der Waals surface area (Å²) in [6, 6.07) is 5.95. The summed E-state index contributed by atoms with van der Waals surface area (Å²) in [5.41, 5.74) is 2.96. The van der Waals surface area contributed by atoms with Crippen LogP contribution in [0.4, 0.5) is 0 Å². The fourth-order valence-electron chi connectivity index (χ4n) is 3.50. The lowest BCUT2D eigenvalue weighted by Crippen LogP contribution is -2.30. The van der Waals surface area contributed by atoms with Crippen molar-refractivity contribution in [1.82, 2.24) is 19.7 Å². The third-order valence-corrected chi connectivity index (χ3v) is 5.10. The lowest BCUT2D eigenvalue weighted by atomic mass is 10.1. The molecule has 1 amide bonds. The van der Waals surface area contributed by atoms with Gasteiger partial charge in [-0.05, 0) is 44.7 Å². The molecule has 0 radical (unpaired) electrons. The molecule has 24 heavy (non-hydrogen) atoms. The van der Waals surface area contributed by atoms with Crippen molar-refractivity contribution in [2.45, 2.75) is 45.1 Å². The molecule has 1 aliphatic rings. The summed E-state index contributed by atoms with van der Waals surface area (Å²) in [7, 11) is 1.84. The van der Waals surface area contributed by atoms with Crippen LogP contribution in [0.15, 0.2) is 24.4 Å². The van der Waals surface area contributed by atoms with Crippen LogP contribution in [0.1, 0.15) is 48.7 Å². The van der Waals surface area contributed by atoms with Gasteiger partial charge in [-0.1, -0.05) is 17.7 Å². The summed E-state index contributed by atoms with van der Waals surface area (Å²) in [4.78, 5) is 19.0. The van der Waals surface area contributed by atoms with Crippen LogP contribution in [0.3, 0.4) is 0 Å². The van der Waals surface area contributed by atoms with E-state index in [1.54, 1.807) is 10.9 Å². The highest BCUT2D eigenvalue weighted by Crippen LogP contribution is 2.37. The van der Waals surface area contributed by atoms with E-state index in [0.717, 1.165) is 49.2 Å². The number of hydrogen-bond donors (Lipinski definition) is 0. The molecular weight excluding hydrogens is 324 g/mol. The second-order valence-electron chi connectivity index (χ2n) is 6.33. The van der Waals surface area contributed by atoms with E-state index in [2.05, 4.69) is 10.1 Å². The van der Waals surface area contributed by atoms with Gasteiger partial charge in [0.1, 0.15) is 5.15 Å². The largest absolute Gasteiger partial charge is 0.335 e. The van der Waals surface area contributed by atoms with Crippen molar-refractivity contribution in [3.8, 4) is 0 Å². The van der Waals surface area contributed by atoms with Gasteiger partial charge >= 0.3 is 0 Å². The molecule has 0 spiro atoms. The number of nitrogens with zero attached hydrogens (tertiary/aromatic N) is 4. The van der Waals surface area contributed by atoms with Crippen LogP contribution in [0.25, 0.3) is 0 Å². The zero-order valence-corrected chi connectivity index (χ0v) is 15.0. The van der Waals surface area contributed by atoms with E-state index in [1.807, 2.05) is 37.1 Å². The fourth-order valence-corrected chi connectivity index (χ4v) is 3.80. The Labute approximate surface area is 147 Å². The number of pyridine rings is 1. The van der Waals surface area contributed by atoms with E-state index < -0.39 is 0 Å². The smallest absolute Gasteiger partial charge is 0.223 e. The molecule has 6 heteroatoms. The minimum Gasteiger partial charge on any atom is -0.335 e. The zero-order valence-electron chi connectivity index (χ0n) is 14.2. The third-order valence-electron chi connectivity index (χ3n) is 4.65. The van der Waals surface area contributed by atoms with Crippen molar-refractivity contribution in [2.75, 3.05) is 6.54 Å². The Bertz CT molecular complexity index is 713. The predicted octanol–water partition coefficient (Wildman–Crippen LogP) is 3.46. The first-order chi connectivity index (χ1) is 11.6. The van der Waals surface area contributed by atoms with E-state index in [-0.39, 0.29) is 11.9 Å². The maximum Gasteiger partial charge on any atom is 0.223 e. The van der Waals surface area contributed by atoms with Gasteiger partial charge in [0.15, 0.2) is 0 Å². The Morgan fingerprint density at radius 3 is 2.92 bits per heavy atom. The minimum absolute atomic E-state index is 0.0635. The molecule has 1 atom stereocenters. The molecule has 5 nitrogen and oxygen atoms in total. The van der Waals surface area contributed by atoms with Crippen molar-refractivity contribution < 1.29 is 4.79 Å². The topological polar surface area (TPSA) is 51.0 Å². The second-order valence-corrected chi connectivity index (χ2v) is 6.69. The lowest BCUT2D eigenvalue weighted by molar-refractivity contribution is -0.132. The molecule has 3 rings (SSSR count). The van der Waals surface area contributed by atoms with Crippen LogP contribution >= 0.6 is 11.6 Å². The van der Waals surface area contributed by atoms with Crippen molar-refractivity contribution in [3.05, 3.63) is 46.5 Å². The molecule has 2 aromatic rings. The van der Waals surface area contributed by atoms with Crippen molar-refractivity contribution >= 4 is 17.5 Å². The lowest BCUT2D eigenvalue weighted by Gasteiger charge is -2.25. The molecule has 0 bridgehead atoms. The Balaban J connectivity index is 1.63. The molecule has 0 unspecified atom stereocenters. The number of carbonyl (C=O) groups is 1. The predicted molar refractivity (Wildman–Crippen MR) is 93.8 cm³/mol. The molecule has 1 fully saturated rings. The van der Waals surface area contributed by atoms with Gasteiger partial charge in [-0.15, -0.1) is 0 Å².